The number of benzene rings is 1. The van der Waals surface area contributed by atoms with Gasteiger partial charge in [0.1, 0.15) is 5.76 Å². The molecule has 1 aliphatic rings. The van der Waals surface area contributed by atoms with E-state index >= 15 is 0 Å². The third kappa shape index (κ3) is 8.20. The van der Waals surface area contributed by atoms with Crippen LogP contribution in [-0.4, -0.2) is 38.4 Å². The van der Waals surface area contributed by atoms with Gasteiger partial charge in [-0.2, -0.15) is 0 Å². The summed E-state index contributed by atoms with van der Waals surface area (Å²) in [5.41, 5.74) is 2.39. The Morgan fingerprint density at radius 3 is 2.57 bits per heavy atom. The van der Waals surface area contributed by atoms with Crippen molar-refractivity contribution in [2.45, 2.75) is 58.3 Å². The van der Waals surface area contributed by atoms with Crippen molar-refractivity contribution < 1.29 is 13.9 Å². The van der Waals surface area contributed by atoms with Crippen LogP contribution in [0.15, 0.2) is 52.1 Å². The fourth-order valence-electron chi connectivity index (χ4n) is 3.28. The van der Waals surface area contributed by atoms with E-state index in [4.69, 9.17) is 18.9 Å². The molecule has 1 aliphatic heterocycles. The van der Waals surface area contributed by atoms with Gasteiger partial charge < -0.3 is 24.5 Å². The fraction of sp³-hybridized carbons (Fsp3) is 0.542. The second-order valence-corrected chi connectivity index (χ2v) is 7.64. The van der Waals surface area contributed by atoms with E-state index in [2.05, 4.69) is 41.8 Å². The minimum Gasteiger partial charge on any atom is -0.469 e. The second-order valence-electron chi connectivity index (χ2n) is 7.64. The standard InChI is InChI=1S/C24H35N3O3/c1-2-3-13-25-24(26-14-10-22-5-4-15-29-22)27-18-20-6-8-21(9-7-20)19-30-23-11-16-28-17-12-23/h4-9,15,23H,2-3,10-14,16-19H2,1H3,(H2,25,26,27). The van der Waals surface area contributed by atoms with Gasteiger partial charge in [0.25, 0.3) is 0 Å². The smallest absolute Gasteiger partial charge is 0.191 e. The van der Waals surface area contributed by atoms with Crippen molar-refractivity contribution in [1.29, 1.82) is 0 Å². The van der Waals surface area contributed by atoms with Gasteiger partial charge in [0.2, 0.25) is 0 Å². The van der Waals surface area contributed by atoms with Crippen molar-refractivity contribution in [1.82, 2.24) is 10.6 Å². The number of nitrogens with zero attached hydrogens (tertiary/aromatic N) is 1. The van der Waals surface area contributed by atoms with Crippen molar-refractivity contribution in [3.05, 3.63) is 59.5 Å². The van der Waals surface area contributed by atoms with Crippen LogP contribution in [0, 0.1) is 0 Å². The van der Waals surface area contributed by atoms with Crippen LogP contribution < -0.4 is 10.6 Å². The van der Waals surface area contributed by atoms with E-state index in [9.17, 15) is 0 Å². The second kappa shape index (κ2) is 13.1. The molecule has 1 aromatic heterocycles. The molecular formula is C24H35N3O3. The number of guanidine groups is 1. The predicted molar refractivity (Wildman–Crippen MR) is 120 cm³/mol. The highest BCUT2D eigenvalue weighted by atomic mass is 16.5. The molecule has 2 N–H and O–H groups in total. The molecule has 3 rings (SSSR count). The van der Waals surface area contributed by atoms with E-state index < -0.39 is 0 Å². The predicted octanol–water partition coefficient (Wildman–Crippen LogP) is 4.05. The minimum absolute atomic E-state index is 0.326. The van der Waals surface area contributed by atoms with Crippen LogP contribution in [0.2, 0.25) is 0 Å². The summed E-state index contributed by atoms with van der Waals surface area (Å²) in [6, 6.07) is 12.5. The van der Waals surface area contributed by atoms with Crippen LogP contribution in [0.5, 0.6) is 0 Å². The van der Waals surface area contributed by atoms with Crippen molar-refractivity contribution in [2.75, 3.05) is 26.3 Å². The molecule has 0 saturated carbocycles. The van der Waals surface area contributed by atoms with E-state index in [1.165, 1.54) is 11.1 Å². The quantitative estimate of drug-likeness (QED) is 0.330. The molecule has 0 atom stereocenters. The first-order valence-corrected chi connectivity index (χ1v) is 11.1. The topological polar surface area (TPSA) is 68.0 Å². The maximum atomic E-state index is 6.00. The molecule has 0 spiro atoms. The monoisotopic (exact) mass is 413 g/mol. The van der Waals surface area contributed by atoms with Crippen LogP contribution in [0.4, 0.5) is 0 Å². The molecule has 0 radical (unpaired) electrons. The number of aliphatic imine (C=N–C) groups is 1. The fourth-order valence-corrected chi connectivity index (χ4v) is 3.28. The molecule has 6 nitrogen and oxygen atoms in total. The molecule has 1 saturated heterocycles. The Bertz CT molecular complexity index is 723. The average molecular weight is 414 g/mol. The Kier molecular flexibility index (Phi) is 9.76. The lowest BCUT2D eigenvalue weighted by Crippen LogP contribution is -2.38. The van der Waals surface area contributed by atoms with Crippen molar-refractivity contribution >= 4 is 5.96 Å². The lowest BCUT2D eigenvalue weighted by Gasteiger charge is -2.22. The van der Waals surface area contributed by atoms with E-state index in [1.54, 1.807) is 6.26 Å². The molecule has 30 heavy (non-hydrogen) atoms. The van der Waals surface area contributed by atoms with E-state index in [-0.39, 0.29) is 0 Å². The summed E-state index contributed by atoms with van der Waals surface area (Å²) in [5.74, 6) is 1.83. The number of unbranched alkanes of at least 4 members (excludes halogenated alkanes) is 1. The molecule has 0 bridgehead atoms. The van der Waals surface area contributed by atoms with Gasteiger partial charge >= 0.3 is 0 Å². The minimum atomic E-state index is 0.326. The summed E-state index contributed by atoms with van der Waals surface area (Å²) < 4.78 is 16.8. The van der Waals surface area contributed by atoms with Crippen LogP contribution >= 0.6 is 0 Å². The Hall–Kier alpha value is -2.31. The van der Waals surface area contributed by atoms with Gasteiger partial charge in [-0.3, -0.25) is 0 Å². The number of furan rings is 1. The zero-order valence-corrected chi connectivity index (χ0v) is 18.1. The summed E-state index contributed by atoms with van der Waals surface area (Å²) in [5, 5.41) is 6.82. The zero-order chi connectivity index (χ0) is 20.9. The van der Waals surface area contributed by atoms with Crippen molar-refractivity contribution in [3.63, 3.8) is 0 Å². The number of rotatable bonds is 11. The van der Waals surface area contributed by atoms with Gasteiger partial charge in [-0.15, -0.1) is 0 Å². The van der Waals surface area contributed by atoms with E-state index in [0.29, 0.717) is 19.3 Å². The largest absolute Gasteiger partial charge is 0.469 e. The maximum Gasteiger partial charge on any atom is 0.191 e. The highest BCUT2D eigenvalue weighted by Gasteiger charge is 2.13. The number of hydrogen-bond donors (Lipinski definition) is 2. The number of hydrogen-bond acceptors (Lipinski definition) is 4. The lowest BCUT2D eigenvalue weighted by molar-refractivity contribution is -0.0390. The van der Waals surface area contributed by atoms with Crippen molar-refractivity contribution in [2.24, 2.45) is 4.99 Å². The van der Waals surface area contributed by atoms with Gasteiger partial charge in [0.15, 0.2) is 5.96 Å². The first kappa shape index (κ1) is 22.4. The van der Waals surface area contributed by atoms with Gasteiger partial charge in [0.05, 0.1) is 25.5 Å². The summed E-state index contributed by atoms with van der Waals surface area (Å²) in [6.07, 6.45) is 7.14. The van der Waals surface area contributed by atoms with Gasteiger partial charge in [-0.25, -0.2) is 4.99 Å². The average Bonchev–Trinajstić information content (AvgIpc) is 3.31. The normalized spacial score (nSPS) is 15.3. The molecule has 164 valence electrons. The maximum absolute atomic E-state index is 6.00. The van der Waals surface area contributed by atoms with Gasteiger partial charge in [0, 0.05) is 32.7 Å². The SMILES string of the molecule is CCCCNC(=NCc1ccc(COC2CCOCC2)cc1)NCCc1ccco1. The summed E-state index contributed by atoms with van der Waals surface area (Å²) in [4.78, 5) is 4.75. The molecule has 2 heterocycles. The number of nitrogens with one attached hydrogen (secondary N) is 2. The summed E-state index contributed by atoms with van der Waals surface area (Å²) >= 11 is 0. The molecule has 1 aromatic carbocycles. The first-order valence-electron chi connectivity index (χ1n) is 11.1. The Balaban J connectivity index is 1.46. The molecule has 0 amide bonds. The molecule has 2 aromatic rings. The Morgan fingerprint density at radius 2 is 1.83 bits per heavy atom. The summed E-state index contributed by atoms with van der Waals surface area (Å²) in [6.45, 7) is 6.82. The zero-order valence-electron chi connectivity index (χ0n) is 18.1. The van der Waals surface area contributed by atoms with Crippen LogP contribution in [0.25, 0.3) is 0 Å². The first-order chi connectivity index (χ1) is 14.8. The molecule has 0 aliphatic carbocycles. The van der Waals surface area contributed by atoms with E-state index in [1.807, 2.05) is 12.1 Å². The molecule has 6 heteroatoms. The molecule has 1 fully saturated rings. The number of ether oxygens (including phenoxy) is 2. The molecule has 0 unspecified atom stereocenters. The third-order valence-electron chi connectivity index (χ3n) is 5.16. The van der Waals surface area contributed by atoms with Crippen LogP contribution in [-0.2, 0) is 29.0 Å². The van der Waals surface area contributed by atoms with Crippen molar-refractivity contribution in [3.8, 4) is 0 Å². The lowest BCUT2D eigenvalue weighted by atomic mass is 10.1. The highest BCUT2D eigenvalue weighted by Crippen LogP contribution is 2.14. The van der Waals surface area contributed by atoms with Gasteiger partial charge in [-0.05, 0) is 42.5 Å². The third-order valence-corrected chi connectivity index (χ3v) is 5.16. The van der Waals surface area contributed by atoms with Gasteiger partial charge in [-0.1, -0.05) is 37.6 Å². The van der Waals surface area contributed by atoms with Crippen LogP contribution in [0.1, 0.15) is 49.5 Å². The highest BCUT2D eigenvalue weighted by molar-refractivity contribution is 5.79. The van der Waals surface area contributed by atoms with E-state index in [0.717, 1.165) is 70.1 Å². The molecular weight excluding hydrogens is 378 g/mol. The van der Waals surface area contributed by atoms with Crippen LogP contribution in [0.3, 0.4) is 0 Å². The Labute approximate surface area is 180 Å². The Morgan fingerprint density at radius 1 is 1.07 bits per heavy atom. The summed E-state index contributed by atoms with van der Waals surface area (Å²) in [7, 11) is 0.